The molecular formula is C20H23FN2O3. The van der Waals surface area contributed by atoms with Gasteiger partial charge in [-0.3, -0.25) is 0 Å². The first-order valence-electron chi connectivity index (χ1n) is 8.71. The number of benzene rings is 2. The van der Waals surface area contributed by atoms with Crippen molar-refractivity contribution < 1.29 is 19.0 Å². The zero-order valence-corrected chi connectivity index (χ0v) is 14.7. The molecule has 0 bridgehead atoms. The van der Waals surface area contributed by atoms with Crippen LogP contribution in [0.3, 0.4) is 0 Å². The number of halogens is 1. The van der Waals surface area contributed by atoms with Crippen molar-refractivity contribution in [2.45, 2.75) is 18.9 Å². The van der Waals surface area contributed by atoms with E-state index >= 15 is 0 Å². The average molecular weight is 358 g/mol. The van der Waals surface area contributed by atoms with Gasteiger partial charge < -0.3 is 20.1 Å². The van der Waals surface area contributed by atoms with E-state index < -0.39 is 11.9 Å². The van der Waals surface area contributed by atoms with Gasteiger partial charge in [0, 0.05) is 13.1 Å². The number of amides is 2. The fourth-order valence-electron chi connectivity index (χ4n) is 3.25. The maximum absolute atomic E-state index is 13.7. The minimum Gasteiger partial charge on any atom is -0.497 e. The molecule has 2 N–H and O–H groups in total. The molecule has 0 radical (unpaired) electrons. The first-order chi connectivity index (χ1) is 12.6. The summed E-state index contributed by atoms with van der Waals surface area (Å²) in [5.74, 6) is 0.382. The predicted octanol–water partition coefficient (Wildman–Crippen LogP) is 3.81. The summed E-state index contributed by atoms with van der Waals surface area (Å²) in [7, 11) is 1.60. The van der Waals surface area contributed by atoms with Crippen LogP contribution in [0, 0.1) is 11.7 Å². The molecule has 0 saturated carbocycles. The number of carbonyl (C=O) groups excluding carboxylic acids is 1. The minimum absolute atomic E-state index is 0.0842. The van der Waals surface area contributed by atoms with Gasteiger partial charge in [-0.1, -0.05) is 24.3 Å². The van der Waals surface area contributed by atoms with Crippen LogP contribution in [-0.2, 0) is 0 Å². The molecule has 2 aromatic carbocycles. The van der Waals surface area contributed by atoms with Crippen molar-refractivity contribution >= 4 is 11.7 Å². The van der Waals surface area contributed by atoms with Gasteiger partial charge in [0.2, 0.25) is 0 Å². The number of nitrogens with one attached hydrogen (secondary N) is 1. The maximum atomic E-state index is 13.7. The zero-order valence-electron chi connectivity index (χ0n) is 14.7. The van der Waals surface area contributed by atoms with Crippen molar-refractivity contribution in [3.63, 3.8) is 0 Å². The van der Waals surface area contributed by atoms with Gasteiger partial charge in [-0.25, -0.2) is 9.18 Å². The van der Waals surface area contributed by atoms with Crippen LogP contribution in [0.15, 0.2) is 48.5 Å². The molecule has 3 rings (SSSR count). The van der Waals surface area contributed by atoms with Gasteiger partial charge >= 0.3 is 6.03 Å². The number of methoxy groups -OCH3 is 1. The molecule has 0 aliphatic carbocycles. The van der Waals surface area contributed by atoms with Crippen LogP contribution in [0.5, 0.6) is 5.75 Å². The Bertz CT molecular complexity index is 743. The number of aliphatic hydroxyl groups excluding tert-OH is 1. The van der Waals surface area contributed by atoms with Crippen molar-refractivity contribution in [2.75, 3.05) is 25.5 Å². The van der Waals surface area contributed by atoms with Crippen molar-refractivity contribution in [3.05, 3.63) is 59.9 Å². The number of anilines is 1. The molecular weight excluding hydrogens is 335 g/mol. The van der Waals surface area contributed by atoms with Crippen LogP contribution < -0.4 is 10.1 Å². The molecule has 1 atom stereocenters. The number of nitrogens with zero attached hydrogens (tertiary/aromatic N) is 1. The predicted molar refractivity (Wildman–Crippen MR) is 97.7 cm³/mol. The van der Waals surface area contributed by atoms with Crippen molar-refractivity contribution in [3.8, 4) is 5.75 Å². The molecule has 1 saturated heterocycles. The fraction of sp³-hybridized carbons (Fsp3) is 0.350. The third-order valence-electron chi connectivity index (χ3n) is 4.85. The molecule has 0 unspecified atom stereocenters. The zero-order chi connectivity index (χ0) is 18.5. The average Bonchev–Trinajstić information content (AvgIpc) is 2.69. The standard InChI is InChI=1S/C20H23FN2O3/c1-26-16-8-6-14(7-9-16)19(24)15-10-12-23(13-11-15)20(25)22-18-5-3-2-4-17(18)21/h2-9,15,19,24H,10-13H2,1H3,(H,22,25)/t19-/m1/s1. The van der Waals surface area contributed by atoms with Crippen molar-refractivity contribution in [1.82, 2.24) is 4.90 Å². The summed E-state index contributed by atoms with van der Waals surface area (Å²) < 4.78 is 18.8. The lowest BCUT2D eigenvalue weighted by atomic mass is 9.87. The normalized spacial score (nSPS) is 16.2. The number of likely N-dealkylation sites (tertiary alicyclic amines) is 1. The largest absolute Gasteiger partial charge is 0.497 e. The van der Waals surface area contributed by atoms with Crippen molar-refractivity contribution in [1.29, 1.82) is 0 Å². The van der Waals surface area contributed by atoms with Gasteiger partial charge in [0.25, 0.3) is 0 Å². The highest BCUT2D eigenvalue weighted by Gasteiger charge is 2.28. The Morgan fingerprint density at radius 1 is 1.19 bits per heavy atom. The number of rotatable bonds is 4. The highest BCUT2D eigenvalue weighted by molar-refractivity contribution is 5.89. The maximum Gasteiger partial charge on any atom is 0.321 e. The number of para-hydroxylation sites is 1. The topological polar surface area (TPSA) is 61.8 Å². The van der Waals surface area contributed by atoms with Crippen LogP contribution >= 0.6 is 0 Å². The van der Waals surface area contributed by atoms with Crippen LogP contribution in [-0.4, -0.2) is 36.2 Å². The van der Waals surface area contributed by atoms with E-state index in [2.05, 4.69) is 5.32 Å². The lowest BCUT2D eigenvalue weighted by Crippen LogP contribution is -2.42. The Morgan fingerprint density at radius 3 is 2.46 bits per heavy atom. The molecule has 1 fully saturated rings. The number of aliphatic hydroxyl groups is 1. The van der Waals surface area contributed by atoms with Gasteiger partial charge in [-0.05, 0) is 48.6 Å². The number of ether oxygens (including phenoxy) is 1. The summed E-state index contributed by atoms with van der Waals surface area (Å²) in [5.41, 5.74) is 1.03. The van der Waals surface area contributed by atoms with Crippen LogP contribution in [0.4, 0.5) is 14.9 Å². The van der Waals surface area contributed by atoms with Crippen molar-refractivity contribution in [2.24, 2.45) is 5.92 Å². The quantitative estimate of drug-likeness (QED) is 0.874. The van der Waals surface area contributed by atoms with E-state index in [1.807, 2.05) is 24.3 Å². The number of hydrogen-bond donors (Lipinski definition) is 2. The molecule has 1 heterocycles. The molecule has 2 amide bonds. The molecule has 1 aliphatic heterocycles. The summed E-state index contributed by atoms with van der Waals surface area (Å²) in [4.78, 5) is 14.0. The number of piperidine rings is 1. The molecule has 2 aromatic rings. The Labute approximate surface area is 152 Å². The summed E-state index contributed by atoms with van der Waals surface area (Å²) >= 11 is 0. The van der Waals surface area contributed by atoms with E-state index in [0.29, 0.717) is 25.9 Å². The number of hydrogen-bond acceptors (Lipinski definition) is 3. The summed E-state index contributed by atoms with van der Waals surface area (Å²) in [5, 5.41) is 13.2. The van der Waals surface area contributed by atoms with Gasteiger partial charge in [-0.15, -0.1) is 0 Å². The molecule has 6 heteroatoms. The SMILES string of the molecule is COc1ccc([C@@H](O)C2CCN(C(=O)Nc3ccccc3F)CC2)cc1. The van der Waals surface area contributed by atoms with Gasteiger partial charge in [0.05, 0.1) is 18.9 Å². The van der Waals surface area contributed by atoms with Gasteiger partial charge in [-0.2, -0.15) is 0 Å². The van der Waals surface area contributed by atoms with E-state index in [1.165, 1.54) is 12.1 Å². The summed E-state index contributed by atoms with van der Waals surface area (Å²) in [6, 6.07) is 13.2. The second-order valence-corrected chi connectivity index (χ2v) is 6.45. The fourth-order valence-corrected chi connectivity index (χ4v) is 3.25. The van der Waals surface area contributed by atoms with E-state index in [9.17, 15) is 14.3 Å². The Balaban J connectivity index is 1.54. The Kier molecular flexibility index (Phi) is 5.73. The third-order valence-corrected chi connectivity index (χ3v) is 4.85. The van der Waals surface area contributed by atoms with Gasteiger partial charge in [0.15, 0.2) is 0 Å². The molecule has 5 nitrogen and oxygen atoms in total. The highest BCUT2D eigenvalue weighted by atomic mass is 19.1. The Morgan fingerprint density at radius 2 is 1.85 bits per heavy atom. The summed E-state index contributed by atoms with van der Waals surface area (Å²) in [6.45, 7) is 1.05. The minimum atomic E-state index is -0.572. The second-order valence-electron chi connectivity index (χ2n) is 6.45. The monoisotopic (exact) mass is 358 g/mol. The summed E-state index contributed by atoms with van der Waals surface area (Å²) in [6.07, 6.45) is 0.813. The van der Waals surface area contributed by atoms with Crippen LogP contribution in [0.1, 0.15) is 24.5 Å². The first kappa shape index (κ1) is 18.2. The molecule has 26 heavy (non-hydrogen) atoms. The number of urea groups is 1. The third kappa shape index (κ3) is 4.14. The lowest BCUT2D eigenvalue weighted by Gasteiger charge is -2.34. The smallest absolute Gasteiger partial charge is 0.321 e. The van der Waals surface area contributed by atoms with Gasteiger partial charge in [0.1, 0.15) is 11.6 Å². The first-order valence-corrected chi connectivity index (χ1v) is 8.71. The van der Waals surface area contributed by atoms with Crippen LogP contribution in [0.25, 0.3) is 0 Å². The lowest BCUT2D eigenvalue weighted by molar-refractivity contribution is 0.0683. The molecule has 0 spiro atoms. The Hall–Kier alpha value is -2.60. The second kappa shape index (κ2) is 8.19. The highest BCUT2D eigenvalue weighted by Crippen LogP contribution is 2.31. The molecule has 138 valence electrons. The van der Waals surface area contributed by atoms with E-state index in [-0.39, 0.29) is 17.6 Å². The molecule has 1 aliphatic rings. The van der Waals surface area contributed by atoms with E-state index in [0.717, 1.165) is 11.3 Å². The van der Waals surface area contributed by atoms with E-state index in [1.54, 1.807) is 24.1 Å². The van der Waals surface area contributed by atoms with Crippen LogP contribution in [0.2, 0.25) is 0 Å². The number of carbonyl (C=O) groups is 1. The van der Waals surface area contributed by atoms with E-state index in [4.69, 9.17) is 4.74 Å². The molecule has 0 aromatic heterocycles.